The lowest BCUT2D eigenvalue weighted by Gasteiger charge is -2.17. The fourth-order valence-electron chi connectivity index (χ4n) is 1.33. The highest BCUT2D eigenvalue weighted by Gasteiger charge is 2.12. The molecule has 2 unspecified atom stereocenters. The number of nitrogens with one attached hydrogen (secondary N) is 1. The van der Waals surface area contributed by atoms with E-state index in [0.29, 0.717) is 0 Å². The molecule has 2 heteroatoms. The highest BCUT2D eigenvalue weighted by atomic mass is 16.5. The molecule has 0 amide bonds. The second kappa shape index (κ2) is 4.73. The van der Waals surface area contributed by atoms with E-state index < -0.39 is 0 Å². The zero-order valence-corrected chi connectivity index (χ0v) is 7.60. The summed E-state index contributed by atoms with van der Waals surface area (Å²) < 4.78 is 5.41. The summed E-state index contributed by atoms with van der Waals surface area (Å²) in [5, 5.41) is 3.38. The van der Waals surface area contributed by atoms with Crippen molar-refractivity contribution in [3.05, 3.63) is 0 Å². The van der Waals surface area contributed by atoms with Gasteiger partial charge in [0.15, 0.2) is 0 Å². The van der Waals surface area contributed by atoms with Gasteiger partial charge in [-0.3, -0.25) is 0 Å². The average Bonchev–Trinajstić information content (AvgIpc) is 2.07. The van der Waals surface area contributed by atoms with Crippen molar-refractivity contribution >= 4 is 0 Å². The minimum Gasteiger partial charge on any atom is -0.380 e. The second-order valence-electron chi connectivity index (χ2n) is 3.56. The molecule has 0 radical (unpaired) electrons. The van der Waals surface area contributed by atoms with Crippen LogP contribution in [0.5, 0.6) is 0 Å². The molecule has 1 heterocycles. The lowest BCUT2D eigenvalue weighted by atomic mass is 9.93. The molecule has 0 aliphatic carbocycles. The summed E-state index contributed by atoms with van der Waals surface area (Å²) in [5.41, 5.74) is 0. The van der Waals surface area contributed by atoms with E-state index in [1.54, 1.807) is 0 Å². The summed E-state index contributed by atoms with van der Waals surface area (Å²) in [7, 11) is 0. The predicted molar refractivity (Wildman–Crippen MR) is 46.6 cm³/mol. The normalized spacial score (nSPS) is 35.5. The topological polar surface area (TPSA) is 21.3 Å². The van der Waals surface area contributed by atoms with Crippen LogP contribution < -0.4 is 5.32 Å². The maximum Gasteiger partial charge on any atom is 0.0590 e. The molecule has 2 nitrogen and oxygen atoms in total. The van der Waals surface area contributed by atoms with Crippen LogP contribution in [0, 0.1) is 11.8 Å². The van der Waals surface area contributed by atoms with Gasteiger partial charge in [0.05, 0.1) is 6.61 Å². The van der Waals surface area contributed by atoms with Crippen LogP contribution >= 0.6 is 0 Å². The van der Waals surface area contributed by atoms with Gasteiger partial charge >= 0.3 is 0 Å². The van der Waals surface area contributed by atoms with Crippen molar-refractivity contribution in [3.63, 3.8) is 0 Å². The van der Waals surface area contributed by atoms with Crippen LogP contribution in [0.3, 0.4) is 0 Å². The lowest BCUT2D eigenvalue weighted by molar-refractivity contribution is 0.127. The van der Waals surface area contributed by atoms with Gasteiger partial charge in [0.1, 0.15) is 0 Å². The minimum absolute atomic E-state index is 0.789. The van der Waals surface area contributed by atoms with E-state index in [0.717, 1.165) is 38.1 Å². The Balaban J connectivity index is 2.29. The van der Waals surface area contributed by atoms with Gasteiger partial charge < -0.3 is 10.1 Å². The van der Waals surface area contributed by atoms with E-state index in [-0.39, 0.29) is 0 Å². The molecule has 11 heavy (non-hydrogen) atoms. The van der Waals surface area contributed by atoms with Crippen LogP contribution in [0.25, 0.3) is 0 Å². The van der Waals surface area contributed by atoms with Crippen molar-refractivity contribution in [3.8, 4) is 0 Å². The van der Waals surface area contributed by atoms with Crippen LogP contribution in [-0.4, -0.2) is 26.3 Å². The Hall–Kier alpha value is -0.0800. The van der Waals surface area contributed by atoms with Gasteiger partial charge in [-0.25, -0.2) is 0 Å². The van der Waals surface area contributed by atoms with Gasteiger partial charge in [-0.15, -0.1) is 0 Å². The van der Waals surface area contributed by atoms with Gasteiger partial charge in [0.2, 0.25) is 0 Å². The first kappa shape index (κ1) is 9.01. The SMILES string of the molecule is CC1CCOCCNCC1C. The number of ether oxygens (including phenoxy) is 1. The van der Waals surface area contributed by atoms with E-state index in [1.807, 2.05) is 0 Å². The van der Waals surface area contributed by atoms with E-state index in [2.05, 4.69) is 19.2 Å². The van der Waals surface area contributed by atoms with E-state index in [9.17, 15) is 0 Å². The van der Waals surface area contributed by atoms with E-state index in [1.165, 1.54) is 6.42 Å². The maximum absolute atomic E-state index is 5.41. The van der Waals surface area contributed by atoms with Crippen LogP contribution in [0.1, 0.15) is 20.3 Å². The largest absolute Gasteiger partial charge is 0.380 e. The van der Waals surface area contributed by atoms with Gasteiger partial charge in [0, 0.05) is 13.2 Å². The predicted octanol–water partition coefficient (Wildman–Crippen LogP) is 1.27. The summed E-state index contributed by atoms with van der Waals surface area (Å²) in [5.74, 6) is 1.58. The first-order chi connectivity index (χ1) is 5.30. The standard InChI is InChI=1S/C9H19NO/c1-8-3-5-11-6-4-10-7-9(8)2/h8-10H,3-7H2,1-2H3. The Labute approximate surface area is 69.3 Å². The van der Waals surface area contributed by atoms with Crippen LogP contribution in [-0.2, 0) is 4.74 Å². The number of hydrogen-bond donors (Lipinski definition) is 1. The Bertz CT molecular complexity index is 93.7. The highest BCUT2D eigenvalue weighted by Crippen LogP contribution is 2.14. The quantitative estimate of drug-likeness (QED) is 0.571. The highest BCUT2D eigenvalue weighted by molar-refractivity contribution is 4.65. The maximum atomic E-state index is 5.41. The van der Waals surface area contributed by atoms with Gasteiger partial charge in [0.25, 0.3) is 0 Å². The summed E-state index contributed by atoms with van der Waals surface area (Å²) in [6.07, 6.45) is 1.21. The Morgan fingerprint density at radius 3 is 2.82 bits per heavy atom. The monoisotopic (exact) mass is 157 g/mol. The average molecular weight is 157 g/mol. The zero-order valence-electron chi connectivity index (χ0n) is 7.60. The molecule has 66 valence electrons. The Morgan fingerprint density at radius 1 is 1.18 bits per heavy atom. The molecule has 0 aromatic heterocycles. The van der Waals surface area contributed by atoms with Crippen molar-refractivity contribution in [1.29, 1.82) is 0 Å². The lowest BCUT2D eigenvalue weighted by Crippen LogP contribution is -2.26. The molecule has 0 spiro atoms. The smallest absolute Gasteiger partial charge is 0.0590 e. The molecular formula is C9H19NO. The Morgan fingerprint density at radius 2 is 2.00 bits per heavy atom. The first-order valence-electron chi connectivity index (χ1n) is 4.59. The molecule has 0 bridgehead atoms. The summed E-state index contributed by atoms with van der Waals surface area (Å²) in [6, 6.07) is 0. The minimum atomic E-state index is 0.789. The van der Waals surface area contributed by atoms with Crippen molar-refractivity contribution in [2.45, 2.75) is 20.3 Å². The van der Waals surface area contributed by atoms with Crippen molar-refractivity contribution < 1.29 is 4.74 Å². The summed E-state index contributed by atoms with van der Waals surface area (Å²) >= 11 is 0. The molecule has 1 aliphatic rings. The molecule has 1 fully saturated rings. The molecule has 1 N–H and O–H groups in total. The van der Waals surface area contributed by atoms with Crippen molar-refractivity contribution in [1.82, 2.24) is 5.32 Å². The van der Waals surface area contributed by atoms with Gasteiger partial charge in [-0.1, -0.05) is 13.8 Å². The van der Waals surface area contributed by atoms with Gasteiger partial charge in [-0.2, -0.15) is 0 Å². The molecule has 1 aliphatic heterocycles. The third kappa shape index (κ3) is 3.21. The third-order valence-corrected chi connectivity index (χ3v) is 2.58. The van der Waals surface area contributed by atoms with Crippen LogP contribution in [0.4, 0.5) is 0 Å². The molecule has 2 atom stereocenters. The fourth-order valence-corrected chi connectivity index (χ4v) is 1.33. The molecule has 1 rings (SSSR count). The van der Waals surface area contributed by atoms with Gasteiger partial charge in [-0.05, 0) is 24.8 Å². The molecule has 0 saturated carbocycles. The van der Waals surface area contributed by atoms with Crippen molar-refractivity contribution in [2.24, 2.45) is 11.8 Å². The van der Waals surface area contributed by atoms with E-state index >= 15 is 0 Å². The Kier molecular flexibility index (Phi) is 3.87. The molecule has 0 aromatic carbocycles. The fraction of sp³-hybridized carbons (Fsp3) is 1.00. The zero-order chi connectivity index (χ0) is 8.10. The van der Waals surface area contributed by atoms with E-state index in [4.69, 9.17) is 4.74 Å². The summed E-state index contributed by atoms with van der Waals surface area (Å²) in [4.78, 5) is 0. The molecule has 0 aromatic rings. The number of rotatable bonds is 0. The number of hydrogen-bond acceptors (Lipinski definition) is 2. The van der Waals surface area contributed by atoms with Crippen molar-refractivity contribution in [2.75, 3.05) is 26.3 Å². The second-order valence-corrected chi connectivity index (χ2v) is 3.56. The summed E-state index contributed by atoms with van der Waals surface area (Å²) in [6.45, 7) is 8.58. The molecule has 1 saturated heterocycles. The third-order valence-electron chi connectivity index (χ3n) is 2.58. The molecular weight excluding hydrogens is 138 g/mol. The van der Waals surface area contributed by atoms with Crippen LogP contribution in [0.15, 0.2) is 0 Å². The first-order valence-corrected chi connectivity index (χ1v) is 4.59. The van der Waals surface area contributed by atoms with Crippen LogP contribution in [0.2, 0.25) is 0 Å².